The first-order chi connectivity index (χ1) is 11.9. The second-order valence-corrected chi connectivity index (χ2v) is 9.57. The molecule has 3 rings (SSSR count). The standard InChI is InChI=1S/C19H27N3OS2/c1-11-12(2)24-17-16(11)18(21-14(4)20-17)25-13(3)19(23)22(5)15-9-7-6-8-10-15/h13,15H,6-10H2,1-5H3/t13-/m0/s1. The molecule has 0 spiro atoms. The number of aryl methyl sites for hydroxylation is 3. The third-order valence-corrected chi connectivity index (χ3v) is 7.39. The Morgan fingerprint density at radius 3 is 2.56 bits per heavy atom. The van der Waals surface area contributed by atoms with Crippen molar-refractivity contribution in [3.63, 3.8) is 0 Å². The normalized spacial score (nSPS) is 17.0. The number of aromatic nitrogens is 2. The molecule has 2 heterocycles. The summed E-state index contributed by atoms with van der Waals surface area (Å²) in [6, 6.07) is 0.404. The molecule has 0 aromatic carbocycles. The van der Waals surface area contributed by atoms with Crippen LogP contribution < -0.4 is 0 Å². The first-order valence-corrected chi connectivity index (χ1v) is 10.8. The van der Waals surface area contributed by atoms with E-state index in [0.717, 1.165) is 33.9 Å². The van der Waals surface area contributed by atoms with E-state index in [0.29, 0.717) is 6.04 Å². The summed E-state index contributed by atoms with van der Waals surface area (Å²) in [5, 5.41) is 1.93. The second-order valence-electron chi connectivity index (χ2n) is 7.04. The number of carbonyl (C=O) groups is 1. The molecule has 1 amide bonds. The van der Waals surface area contributed by atoms with Gasteiger partial charge in [-0.25, -0.2) is 9.97 Å². The molecule has 0 aliphatic heterocycles. The predicted molar refractivity (Wildman–Crippen MR) is 107 cm³/mol. The van der Waals surface area contributed by atoms with Crippen LogP contribution in [0.4, 0.5) is 0 Å². The van der Waals surface area contributed by atoms with E-state index in [1.807, 2.05) is 25.8 Å². The van der Waals surface area contributed by atoms with Crippen LogP contribution >= 0.6 is 23.1 Å². The molecule has 2 aromatic heterocycles. The highest BCUT2D eigenvalue weighted by Gasteiger charge is 2.27. The van der Waals surface area contributed by atoms with Crippen molar-refractivity contribution in [3.05, 3.63) is 16.3 Å². The van der Waals surface area contributed by atoms with Crippen molar-refractivity contribution < 1.29 is 4.79 Å². The van der Waals surface area contributed by atoms with Gasteiger partial charge in [-0.1, -0.05) is 31.0 Å². The Balaban J connectivity index is 1.81. The maximum absolute atomic E-state index is 12.9. The number of rotatable bonds is 4. The SMILES string of the molecule is Cc1nc(S[C@@H](C)C(=O)N(C)C2CCCCC2)c2c(C)c(C)sc2n1. The summed E-state index contributed by atoms with van der Waals surface area (Å²) in [5.41, 5.74) is 1.24. The van der Waals surface area contributed by atoms with E-state index in [4.69, 9.17) is 0 Å². The van der Waals surface area contributed by atoms with Crippen LogP contribution in [0.1, 0.15) is 55.3 Å². The third-order valence-electron chi connectivity index (χ3n) is 5.21. The fraction of sp³-hybridized carbons (Fsp3) is 0.632. The molecule has 136 valence electrons. The van der Waals surface area contributed by atoms with Crippen molar-refractivity contribution >= 4 is 39.2 Å². The average Bonchev–Trinajstić information content (AvgIpc) is 2.88. The minimum absolute atomic E-state index is 0.135. The summed E-state index contributed by atoms with van der Waals surface area (Å²) in [5.74, 6) is 0.988. The van der Waals surface area contributed by atoms with Gasteiger partial charge in [0, 0.05) is 23.4 Å². The van der Waals surface area contributed by atoms with Crippen LogP contribution in [-0.4, -0.2) is 39.1 Å². The Morgan fingerprint density at radius 1 is 1.20 bits per heavy atom. The lowest BCUT2D eigenvalue weighted by molar-refractivity contribution is -0.131. The zero-order valence-electron chi connectivity index (χ0n) is 15.8. The molecule has 0 bridgehead atoms. The summed E-state index contributed by atoms with van der Waals surface area (Å²) in [7, 11) is 1.97. The average molecular weight is 378 g/mol. The van der Waals surface area contributed by atoms with Gasteiger partial charge in [-0.2, -0.15) is 0 Å². The van der Waals surface area contributed by atoms with Crippen LogP contribution in [0.25, 0.3) is 10.2 Å². The highest BCUT2D eigenvalue weighted by Crippen LogP contribution is 2.37. The third kappa shape index (κ3) is 3.85. The van der Waals surface area contributed by atoms with Crippen molar-refractivity contribution in [1.29, 1.82) is 0 Å². The van der Waals surface area contributed by atoms with Gasteiger partial charge < -0.3 is 4.90 Å². The topological polar surface area (TPSA) is 46.1 Å². The van der Waals surface area contributed by atoms with E-state index < -0.39 is 0 Å². The van der Waals surface area contributed by atoms with Gasteiger partial charge in [-0.05, 0) is 46.1 Å². The minimum atomic E-state index is -0.135. The van der Waals surface area contributed by atoms with E-state index >= 15 is 0 Å². The summed E-state index contributed by atoms with van der Waals surface area (Å²) in [6.07, 6.45) is 6.06. The summed E-state index contributed by atoms with van der Waals surface area (Å²) >= 11 is 3.29. The van der Waals surface area contributed by atoms with Crippen LogP contribution in [0.5, 0.6) is 0 Å². The van der Waals surface area contributed by atoms with Crippen LogP contribution in [0.15, 0.2) is 5.03 Å². The number of hydrogen-bond acceptors (Lipinski definition) is 5. The Hall–Kier alpha value is -1.14. The number of thiophene rings is 1. The van der Waals surface area contributed by atoms with Crippen molar-refractivity contribution in [1.82, 2.24) is 14.9 Å². The largest absolute Gasteiger partial charge is 0.342 e. The van der Waals surface area contributed by atoms with Crippen molar-refractivity contribution in [3.8, 4) is 0 Å². The Labute approximate surface area is 158 Å². The van der Waals surface area contributed by atoms with Crippen molar-refractivity contribution in [2.45, 2.75) is 76.1 Å². The maximum atomic E-state index is 12.9. The molecular formula is C19H27N3OS2. The van der Waals surface area contributed by atoms with Gasteiger partial charge in [-0.15, -0.1) is 11.3 Å². The molecule has 2 aromatic rings. The monoisotopic (exact) mass is 377 g/mol. The lowest BCUT2D eigenvalue weighted by atomic mass is 9.94. The molecular weight excluding hydrogens is 350 g/mol. The quantitative estimate of drug-likeness (QED) is 0.562. The van der Waals surface area contributed by atoms with E-state index in [9.17, 15) is 4.79 Å². The number of thioether (sulfide) groups is 1. The molecule has 6 heteroatoms. The first kappa shape index (κ1) is 18.6. The highest BCUT2D eigenvalue weighted by atomic mass is 32.2. The molecule has 1 aliphatic carbocycles. The first-order valence-electron chi connectivity index (χ1n) is 9.06. The second kappa shape index (κ2) is 7.62. The van der Waals surface area contributed by atoms with E-state index in [1.165, 1.54) is 29.7 Å². The molecule has 1 fully saturated rings. The molecule has 0 radical (unpaired) electrons. The lowest BCUT2D eigenvalue weighted by Crippen LogP contribution is -2.42. The number of fused-ring (bicyclic) bond motifs is 1. The van der Waals surface area contributed by atoms with Crippen LogP contribution in [0.3, 0.4) is 0 Å². The molecule has 1 saturated carbocycles. The van der Waals surface area contributed by atoms with E-state index in [1.54, 1.807) is 23.1 Å². The maximum Gasteiger partial charge on any atom is 0.235 e. The Morgan fingerprint density at radius 2 is 1.88 bits per heavy atom. The van der Waals surface area contributed by atoms with Crippen LogP contribution in [0.2, 0.25) is 0 Å². The fourth-order valence-corrected chi connectivity index (χ4v) is 5.85. The van der Waals surface area contributed by atoms with Gasteiger partial charge in [0.15, 0.2) is 0 Å². The summed E-state index contributed by atoms with van der Waals surface area (Å²) in [4.78, 5) is 26.4. The van der Waals surface area contributed by atoms with Gasteiger partial charge in [0.25, 0.3) is 0 Å². The van der Waals surface area contributed by atoms with Crippen molar-refractivity contribution in [2.75, 3.05) is 7.05 Å². The minimum Gasteiger partial charge on any atom is -0.342 e. The van der Waals surface area contributed by atoms with Crippen molar-refractivity contribution in [2.24, 2.45) is 0 Å². The molecule has 25 heavy (non-hydrogen) atoms. The number of hydrogen-bond donors (Lipinski definition) is 0. The highest BCUT2D eigenvalue weighted by molar-refractivity contribution is 8.00. The lowest BCUT2D eigenvalue weighted by Gasteiger charge is -2.32. The summed E-state index contributed by atoms with van der Waals surface area (Å²) < 4.78 is 0. The van der Waals surface area contributed by atoms with Gasteiger partial charge in [0.05, 0.1) is 5.25 Å². The zero-order valence-corrected chi connectivity index (χ0v) is 17.4. The van der Waals surface area contributed by atoms with Gasteiger partial charge in [0.1, 0.15) is 15.7 Å². The molecule has 0 unspecified atom stereocenters. The Kier molecular flexibility index (Phi) is 5.68. The van der Waals surface area contributed by atoms with Crippen LogP contribution in [-0.2, 0) is 4.79 Å². The van der Waals surface area contributed by atoms with E-state index in [-0.39, 0.29) is 11.2 Å². The number of nitrogens with zero attached hydrogens (tertiary/aromatic N) is 3. The van der Waals surface area contributed by atoms with E-state index in [2.05, 4.69) is 23.8 Å². The molecule has 4 nitrogen and oxygen atoms in total. The number of carbonyl (C=O) groups excluding carboxylic acids is 1. The van der Waals surface area contributed by atoms with Crippen LogP contribution in [0, 0.1) is 20.8 Å². The van der Waals surface area contributed by atoms with Gasteiger partial charge >= 0.3 is 0 Å². The zero-order chi connectivity index (χ0) is 18.1. The van der Waals surface area contributed by atoms with Gasteiger partial charge in [-0.3, -0.25) is 4.79 Å². The Bertz CT molecular complexity index is 781. The van der Waals surface area contributed by atoms with Gasteiger partial charge in [0.2, 0.25) is 5.91 Å². The molecule has 0 N–H and O–H groups in total. The number of amides is 1. The predicted octanol–water partition coefficient (Wildman–Crippen LogP) is 4.89. The summed E-state index contributed by atoms with van der Waals surface area (Å²) in [6.45, 7) is 8.17. The molecule has 0 saturated heterocycles. The molecule has 1 atom stereocenters. The smallest absolute Gasteiger partial charge is 0.235 e. The molecule has 1 aliphatic rings. The fourth-order valence-electron chi connectivity index (χ4n) is 3.55.